The lowest BCUT2D eigenvalue weighted by Gasteiger charge is -2.26. The zero-order chi connectivity index (χ0) is 18.7. The molecule has 3 rings (SSSR count). The number of nitrogens with one attached hydrogen (secondary N) is 1. The van der Waals surface area contributed by atoms with Gasteiger partial charge < -0.3 is 10.2 Å². The van der Waals surface area contributed by atoms with Gasteiger partial charge in [-0.25, -0.2) is 0 Å². The normalized spacial score (nSPS) is 14.1. The van der Waals surface area contributed by atoms with Gasteiger partial charge in [-0.2, -0.15) is 0 Å². The molecular weight excluding hydrogens is 322 g/mol. The van der Waals surface area contributed by atoms with E-state index >= 15 is 0 Å². The fourth-order valence-corrected chi connectivity index (χ4v) is 3.22. The maximum absolute atomic E-state index is 11.8. The Labute approximate surface area is 156 Å². The van der Waals surface area contributed by atoms with E-state index in [1.807, 2.05) is 7.05 Å². The molecule has 138 valence electrons. The number of anilines is 2. The molecule has 0 radical (unpaired) electrons. The lowest BCUT2D eigenvalue weighted by molar-refractivity contribution is -0.118. The first-order valence-corrected chi connectivity index (χ1v) is 9.35. The number of aryl methyl sites for hydroxylation is 1. The van der Waals surface area contributed by atoms with E-state index in [0.29, 0.717) is 12.5 Å². The van der Waals surface area contributed by atoms with Gasteiger partial charge in [-0.15, -0.1) is 0 Å². The van der Waals surface area contributed by atoms with Crippen molar-refractivity contribution in [3.63, 3.8) is 0 Å². The molecule has 0 aliphatic carbocycles. The van der Waals surface area contributed by atoms with Crippen LogP contribution in [-0.2, 0) is 24.3 Å². The zero-order valence-corrected chi connectivity index (χ0v) is 16.2. The fourth-order valence-electron chi connectivity index (χ4n) is 3.22. The number of nitrogens with zero attached hydrogens (tertiary/aromatic N) is 2. The van der Waals surface area contributed by atoms with Crippen LogP contribution in [0.25, 0.3) is 0 Å². The van der Waals surface area contributed by atoms with Crippen molar-refractivity contribution in [3.05, 3.63) is 59.2 Å². The Morgan fingerprint density at radius 1 is 1.08 bits per heavy atom. The summed E-state index contributed by atoms with van der Waals surface area (Å²) in [5.41, 5.74) is 6.01. The molecule has 1 aliphatic rings. The van der Waals surface area contributed by atoms with Crippen LogP contribution in [0.3, 0.4) is 0 Å². The molecule has 1 heterocycles. The fraction of sp³-hybridized carbons (Fsp3) is 0.409. The number of hydrogen-bond donors (Lipinski definition) is 1. The molecule has 0 aromatic heterocycles. The topological polar surface area (TPSA) is 35.6 Å². The van der Waals surface area contributed by atoms with Crippen LogP contribution in [-0.4, -0.2) is 30.9 Å². The number of carbonyl (C=O) groups excluding carboxylic acids is 1. The molecule has 1 amide bonds. The van der Waals surface area contributed by atoms with Gasteiger partial charge in [0, 0.05) is 44.0 Å². The van der Waals surface area contributed by atoms with Crippen LogP contribution in [0, 0.1) is 0 Å². The van der Waals surface area contributed by atoms with Gasteiger partial charge in [0.25, 0.3) is 0 Å². The predicted molar refractivity (Wildman–Crippen MR) is 109 cm³/mol. The van der Waals surface area contributed by atoms with Crippen LogP contribution >= 0.6 is 0 Å². The highest BCUT2D eigenvalue weighted by molar-refractivity contribution is 5.95. The van der Waals surface area contributed by atoms with Gasteiger partial charge in [-0.3, -0.25) is 9.69 Å². The number of rotatable bonds is 6. The van der Waals surface area contributed by atoms with Crippen molar-refractivity contribution in [3.8, 4) is 0 Å². The monoisotopic (exact) mass is 351 g/mol. The molecule has 1 N–H and O–H groups in total. The molecule has 0 saturated carbocycles. The summed E-state index contributed by atoms with van der Waals surface area (Å²) in [6.45, 7) is 6.18. The molecule has 1 aliphatic heterocycles. The van der Waals surface area contributed by atoms with E-state index in [-0.39, 0.29) is 5.91 Å². The molecule has 2 aromatic carbocycles. The Kier molecular flexibility index (Phi) is 5.62. The Bertz CT molecular complexity index is 767. The highest BCUT2D eigenvalue weighted by Crippen LogP contribution is 2.27. The minimum absolute atomic E-state index is 0.201. The van der Waals surface area contributed by atoms with Crippen molar-refractivity contribution in [2.75, 3.05) is 24.3 Å². The van der Waals surface area contributed by atoms with Crippen molar-refractivity contribution in [2.24, 2.45) is 0 Å². The second kappa shape index (κ2) is 7.92. The number of hydrogen-bond acceptors (Lipinski definition) is 3. The van der Waals surface area contributed by atoms with Gasteiger partial charge in [-0.05, 0) is 62.2 Å². The van der Waals surface area contributed by atoms with Crippen LogP contribution in [0.1, 0.15) is 37.0 Å². The summed E-state index contributed by atoms with van der Waals surface area (Å²) in [4.78, 5) is 15.9. The van der Waals surface area contributed by atoms with Crippen molar-refractivity contribution in [1.29, 1.82) is 0 Å². The standard InChI is InChI=1S/C22H29N3O/c1-16(2)24(3)15-17-5-9-20(10-6-17)23-14-18-7-11-21-19(13-18)8-12-22(26)25(21)4/h5-7,9-11,13,16,23H,8,12,14-15H2,1-4H3. The van der Waals surface area contributed by atoms with Crippen molar-refractivity contribution >= 4 is 17.3 Å². The first kappa shape index (κ1) is 18.5. The van der Waals surface area contributed by atoms with Crippen LogP contribution in [0.5, 0.6) is 0 Å². The largest absolute Gasteiger partial charge is 0.381 e. The average Bonchev–Trinajstić information content (AvgIpc) is 2.64. The average molecular weight is 351 g/mol. The van der Waals surface area contributed by atoms with Gasteiger partial charge in [0.1, 0.15) is 0 Å². The molecule has 2 aromatic rings. The zero-order valence-electron chi connectivity index (χ0n) is 16.2. The highest BCUT2D eigenvalue weighted by atomic mass is 16.2. The maximum atomic E-state index is 11.8. The lowest BCUT2D eigenvalue weighted by atomic mass is 9.99. The Hall–Kier alpha value is -2.33. The summed E-state index contributed by atoms with van der Waals surface area (Å²) < 4.78 is 0. The molecule has 0 fully saturated rings. The van der Waals surface area contributed by atoms with Gasteiger partial charge in [0.05, 0.1) is 0 Å². The number of fused-ring (bicyclic) bond motifs is 1. The van der Waals surface area contributed by atoms with Crippen molar-refractivity contribution in [1.82, 2.24) is 4.90 Å². The van der Waals surface area contributed by atoms with E-state index in [2.05, 4.69) is 73.6 Å². The molecule has 0 atom stereocenters. The van der Waals surface area contributed by atoms with E-state index in [4.69, 9.17) is 0 Å². The third kappa shape index (κ3) is 4.25. The van der Waals surface area contributed by atoms with Crippen molar-refractivity contribution in [2.45, 2.75) is 45.8 Å². The third-order valence-corrected chi connectivity index (χ3v) is 5.25. The smallest absolute Gasteiger partial charge is 0.227 e. The maximum Gasteiger partial charge on any atom is 0.227 e. The molecular formula is C22H29N3O. The Morgan fingerprint density at radius 2 is 1.77 bits per heavy atom. The van der Waals surface area contributed by atoms with E-state index in [1.165, 1.54) is 16.7 Å². The van der Waals surface area contributed by atoms with Gasteiger partial charge in [-0.1, -0.05) is 24.3 Å². The first-order valence-electron chi connectivity index (χ1n) is 9.35. The second-order valence-corrected chi connectivity index (χ2v) is 7.48. The van der Waals surface area contributed by atoms with E-state index in [9.17, 15) is 4.79 Å². The van der Waals surface area contributed by atoms with Crippen LogP contribution in [0.15, 0.2) is 42.5 Å². The van der Waals surface area contributed by atoms with E-state index in [0.717, 1.165) is 30.9 Å². The minimum atomic E-state index is 0.201. The first-order chi connectivity index (χ1) is 12.4. The van der Waals surface area contributed by atoms with Gasteiger partial charge >= 0.3 is 0 Å². The van der Waals surface area contributed by atoms with Gasteiger partial charge in [0.2, 0.25) is 5.91 Å². The molecule has 0 spiro atoms. The van der Waals surface area contributed by atoms with E-state index in [1.54, 1.807) is 4.90 Å². The number of amides is 1. The number of carbonyl (C=O) groups is 1. The number of benzene rings is 2. The van der Waals surface area contributed by atoms with Crippen LogP contribution < -0.4 is 10.2 Å². The summed E-state index contributed by atoms with van der Waals surface area (Å²) in [5, 5.41) is 3.50. The third-order valence-electron chi connectivity index (χ3n) is 5.25. The summed E-state index contributed by atoms with van der Waals surface area (Å²) >= 11 is 0. The molecule has 4 heteroatoms. The van der Waals surface area contributed by atoms with Crippen LogP contribution in [0.4, 0.5) is 11.4 Å². The molecule has 0 bridgehead atoms. The Balaban J connectivity index is 1.60. The summed E-state index contributed by atoms with van der Waals surface area (Å²) in [6, 6.07) is 15.6. The van der Waals surface area contributed by atoms with E-state index < -0.39 is 0 Å². The van der Waals surface area contributed by atoms with Gasteiger partial charge in [0.15, 0.2) is 0 Å². The van der Waals surface area contributed by atoms with Crippen molar-refractivity contribution < 1.29 is 4.79 Å². The molecule has 0 unspecified atom stereocenters. The SMILES string of the molecule is CC(C)N(C)Cc1ccc(NCc2ccc3c(c2)CCC(=O)N3C)cc1. The lowest BCUT2D eigenvalue weighted by Crippen LogP contribution is -2.31. The molecule has 0 saturated heterocycles. The quantitative estimate of drug-likeness (QED) is 0.853. The molecule has 4 nitrogen and oxygen atoms in total. The summed E-state index contributed by atoms with van der Waals surface area (Å²) in [7, 11) is 4.01. The minimum Gasteiger partial charge on any atom is -0.381 e. The Morgan fingerprint density at radius 3 is 2.46 bits per heavy atom. The molecule has 26 heavy (non-hydrogen) atoms. The van der Waals surface area contributed by atoms with Crippen LogP contribution in [0.2, 0.25) is 0 Å². The predicted octanol–water partition coefficient (Wildman–Crippen LogP) is 4.05. The second-order valence-electron chi connectivity index (χ2n) is 7.48. The summed E-state index contributed by atoms with van der Waals surface area (Å²) in [6.07, 6.45) is 1.44. The summed E-state index contributed by atoms with van der Waals surface area (Å²) in [5.74, 6) is 0.201. The highest BCUT2D eigenvalue weighted by Gasteiger charge is 2.20.